The maximum Gasteiger partial charge on any atom is 0.261 e. The second-order valence-corrected chi connectivity index (χ2v) is 6.82. The fraction of sp³-hybridized carbons (Fsp3) is 0.350. The van der Waals surface area contributed by atoms with Crippen LogP contribution in [0.4, 0.5) is 0 Å². The molecule has 2 aromatic heterocycles. The van der Waals surface area contributed by atoms with Crippen molar-refractivity contribution in [2.24, 2.45) is 7.05 Å². The summed E-state index contributed by atoms with van der Waals surface area (Å²) in [4.78, 5) is 16.8. The molecule has 1 atom stereocenters. The molecular weight excluding hydrogens is 328 g/mol. The summed E-state index contributed by atoms with van der Waals surface area (Å²) in [6.45, 7) is 3.73. The van der Waals surface area contributed by atoms with Gasteiger partial charge in [-0.05, 0) is 37.8 Å². The number of rotatable bonds is 5. The molecule has 1 fully saturated rings. The molecule has 0 radical (unpaired) electrons. The predicted octanol–water partition coefficient (Wildman–Crippen LogP) is 2.99. The van der Waals surface area contributed by atoms with Crippen LogP contribution < -0.4 is 10.1 Å². The standard InChI is InChI=1S/C20H22N4O2/c1-12-18-16(14-7-5-4-6-8-14)11-17(22-19(18)24(3)23-12)26-13(2)20(25)21-15-9-10-15/h4-8,11,13,15H,9-10H2,1-3H3,(H,21,25)/t13-/m0/s1. The number of pyridine rings is 1. The number of amides is 1. The molecule has 0 saturated heterocycles. The van der Waals surface area contributed by atoms with Gasteiger partial charge in [-0.1, -0.05) is 30.3 Å². The van der Waals surface area contributed by atoms with E-state index in [1.807, 2.05) is 50.4 Å². The summed E-state index contributed by atoms with van der Waals surface area (Å²) >= 11 is 0. The van der Waals surface area contributed by atoms with Gasteiger partial charge in [0.15, 0.2) is 11.8 Å². The van der Waals surface area contributed by atoms with Crippen molar-refractivity contribution in [3.05, 3.63) is 42.1 Å². The van der Waals surface area contributed by atoms with Gasteiger partial charge >= 0.3 is 0 Å². The molecule has 1 N–H and O–H groups in total. The molecule has 26 heavy (non-hydrogen) atoms. The van der Waals surface area contributed by atoms with Gasteiger partial charge in [-0.25, -0.2) is 0 Å². The molecule has 0 unspecified atom stereocenters. The van der Waals surface area contributed by atoms with Crippen LogP contribution in [0.2, 0.25) is 0 Å². The lowest BCUT2D eigenvalue weighted by atomic mass is 10.0. The lowest BCUT2D eigenvalue weighted by Crippen LogP contribution is -2.37. The summed E-state index contributed by atoms with van der Waals surface area (Å²) in [7, 11) is 1.87. The van der Waals surface area contributed by atoms with E-state index in [0.29, 0.717) is 11.9 Å². The summed E-state index contributed by atoms with van der Waals surface area (Å²) in [6, 6.07) is 12.3. The molecule has 1 aromatic carbocycles. The first-order chi connectivity index (χ1) is 12.5. The molecule has 3 aromatic rings. The smallest absolute Gasteiger partial charge is 0.261 e. The fourth-order valence-corrected chi connectivity index (χ4v) is 3.11. The zero-order valence-corrected chi connectivity index (χ0v) is 15.2. The van der Waals surface area contributed by atoms with Crippen LogP contribution in [0.5, 0.6) is 5.88 Å². The average Bonchev–Trinajstić information content (AvgIpc) is 3.40. The number of hydrogen-bond donors (Lipinski definition) is 1. The Morgan fingerprint density at radius 3 is 2.73 bits per heavy atom. The molecule has 4 rings (SSSR count). The number of benzene rings is 1. The fourth-order valence-electron chi connectivity index (χ4n) is 3.11. The highest BCUT2D eigenvalue weighted by Crippen LogP contribution is 2.33. The van der Waals surface area contributed by atoms with Gasteiger partial charge in [-0.15, -0.1) is 0 Å². The van der Waals surface area contributed by atoms with Crippen LogP contribution in [0.15, 0.2) is 36.4 Å². The maximum atomic E-state index is 12.2. The summed E-state index contributed by atoms with van der Waals surface area (Å²) in [5.41, 5.74) is 3.73. The number of nitrogens with one attached hydrogen (secondary N) is 1. The van der Waals surface area contributed by atoms with E-state index in [1.165, 1.54) is 0 Å². The lowest BCUT2D eigenvalue weighted by Gasteiger charge is -2.15. The Balaban J connectivity index is 1.73. The SMILES string of the molecule is Cc1nn(C)c2nc(O[C@@H](C)C(=O)NC3CC3)cc(-c3ccccc3)c12. The van der Waals surface area contributed by atoms with Crippen LogP contribution in [-0.2, 0) is 11.8 Å². The van der Waals surface area contributed by atoms with Crippen molar-refractivity contribution >= 4 is 16.9 Å². The van der Waals surface area contributed by atoms with Gasteiger partial charge in [0.25, 0.3) is 5.91 Å². The number of ether oxygens (including phenoxy) is 1. The minimum atomic E-state index is -0.599. The summed E-state index contributed by atoms with van der Waals surface area (Å²) in [6.07, 6.45) is 1.50. The van der Waals surface area contributed by atoms with Crippen LogP contribution in [0.1, 0.15) is 25.5 Å². The number of fused-ring (bicyclic) bond motifs is 1. The van der Waals surface area contributed by atoms with Crippen molar-refractivity contribution in [3.8, 4) is 17.0 Å². The third-order valence-electron chi connectivity index (χ3n) is 4.62. The third kappa shape index (κ3) is 3.14. The Morgan fingerprint density at radius 2 is 2.04 bits per heavy atom. The van der Waals surface area contributed by atoms with Crippen LogP contribution in [0.3, 0.4) is 0 Å². The highest BCUT2D eigenvalue weighted by molar-refractivity contribution is 5.95. The molecule has 0 bridgehead atoms. The van der Waals surface area contributed by atoms with E-state index in [4.69, 9.17) is 4.74 Å². The number of aryl methyl sites for hydroxylation is 2. The second-order valence-electron chi connectivity index (χ2n) is 6.82. The first kappa shape index (κ1) is 16.6. The average molecular weight is 350 g/mol. The summed E-state index contributed by atoms with van der Waals surface area (Å²) < 4.78 is 7.62. The topological polar surface area (TPSA) is 69.0 Å². The first-order valence-electron chi connectivity index (χ1n) is 8.89. The molecule has 2 heterocycles. The lowest BCUT2D eigenvalue weighted by molar-refractivity contribution is -0.127. The first-order valence-corrected chi connectivity index (χ1v) is 8.89. The van der Waals surface area contributed by atoms with Crippen molar-refractivity contribution in [3.63, 3.8) is 0 Å². The molecule has 6 nitrogen and oxygen atoms in total. The molecule has 0 spiro atoms. The molecule has 1 saturated carbocycles. The van der Waals surface area contributed by atoms with Crippen LogP contribution in [0.25, 0.3) is 22.2 Å². The molecule has 1 aliphatic carbocycles. The molecule has 1 amide bonds. The van der Waals surface area contributed by atoms with Gasteiger partial charge in [-0.2, -0.15) is 10.1 Å². The zero-order chi connectivity index (χ0) is 18.3. The zero-order valence-electron chi connectivity index (χ0n) is 15.2. The normalized spacial score (nSPS) is 15.0. The van der Waals surface area contributed by atoms with Crippen LogP contribution in [0, 0.1) is 6.92 Å². The van der Waals surface area contributed by atoms with Gasteiger partial charge in [0, 0.05) is 19.2 Å². The molecule has 1 aliphatic rings. The minimum absolute atomic E-state index is 0.100. The highest BCUT2D eigenvalue weighted by atomic mass is 16.5. The summed E-state index contributed by atoms with van der Waals surface area (Å²) in [5, 5.41) is 8.46. The number of carbonyl (C=O) groups is 1. The molecule has 134 valence electrons. The van der Waals surface area contributed by atoms with Crippen molar-refractivity contribution in [1.82, 2.24) is 20.1 Å². The van der Waals surface area contributed by atoms with E-state index >= 15 is 0 Å². The molecule has 0 aliphatic heterocycles. The number of carbonyl (C=O) groups excluding carboxylic acids is 1. The molecular formula is C20H22N4O2. The van der Waals surface area contributed by atoms with Crippen molar-refractivity contribution < 1.29 is 9.53 Å². The van der Waals surface area contributed by atoms with Crippen molar-refractivity contribution in [2.75, 3.05) is 0 Å². The highest BCUT2D eigenvalue weighted by Gasteiger charge is 2.27. The van der Waals surface area contributed by atoms with E-state index in [2.05, 4.69) is 15.4 Å². The van der Waals surface area contributed by atoms with Crippen LogP contribution >= 0.6 is 0 Å². The number of nitrogens with zero attached hydrogens (tertiary/aromatic N) is 3. The Morgan fingerprint density at radius 1 is 1.31 bits per heavy atom. The monoisotopic (exact) mass is 350 g/mol. The largest absolute Gasteiger partial charge is 0.464 e. The van der Waals surface area contributed by atoms with E-state index in [9.17, 15) is 4.79 Å². The van der Waals surface area contributed by atoms with Gasteiger partial charge in [-0.3, -0.25) is 9.48 Å². The van der Waals surface area contributed by atoms with E-state index in [-0.39, 0.29) is 5.91 Å². The Hall–Kier alpha value is -2.89. The molecule has 6 heteroatoms. The van der Waals surface area contributed by atoms with Crippen LogP contribution in [-0.4, -0.2) is 32.8 Å². The van der Waals surface area contributed by atoms with E-state index in [1.54, 1.807) is 11.6 Å². The maximum absolute atomic E-state index is 12.2. The third-order valence-corrected chi connectivity index (χ3v) is 4.62. The van der Waals surface area contributed by atoms with Gasteiger partial charge in [0.2, 0.25) is 5.88 Å². The quantitative estimate of drug-likeness (QED) is 0.768. The Bertz CT molecular complexity index is 961. The van der Waals surface area contributed by atoms with Gasteiger partial charge in [0.05, 0.1) is 11.1 Å². The number of hydrogen-bond acceptors (Lipinski definition) is 4. The predicted molar refractivity (Wildman–Crippen MR) is 99.9 cm³/mol. The Kier molecular flexibility index (Phi) is 4.11. The van der Waals surface area contributed by atoms with Gasteiger partial charge < -0.3 is 10.1 Å². The van der Waals surface area contributed by atoms with E-state index < -0.39 is 6.10 Å². The number of aromatic nitrogens is 3. The van der Waals surface area contributed by atoms with Crippen molar-refractivity contribution in [1.29, 1.82) is 0 Å². The minimum Gasteiger partial charge on any atom is -0.464 e. The second kappa shape index (κ2) is 6.44. The Labute approximate surface area is 152 Å². The van der Waals surface area contributed by atoms with Gasteiger partial charge in [0.1, 0.15) is 0 Å². The summed E-state index contributed by atoms with van der Waals surface area (Å²) in [5.74, 6) is 0.328. The van der Waals surface area contributed by atoms with Crippen molar-refractivity contribution in [2.45, 2.75) is 38.8 Å². The van der Waals surface area contributed by atoms with E-state index in [0.717, 1.165) is 40.7 Å².